The summed E-state index contributed by atoms with van der Waals surface area (Å²) in [7, 11) is 0. The fraction of sp³-hybridized carbons (Fsp3) is 0.571. The van der Waals surface area contributed by atoms with Crippen LogP contribution in [0, 0.1) is 34.5 Å². The van der Waals surface area contributed by atoms with E-state index in [1.165, 1.54) is 0 Å². The van der Waals surface area contributed by atoms with Gasteiger partial charge in [0.2, 0.25) is 0 Å². The summed E-state index contributed by atoms with van der Waals surface area (Å²) in [5, 5.41) is 19.1. The molecule has 0 amide bonds. The van der Waals surface area contributed by atoms with E-state index in [0.29, 0.717) is 0 Å². The van der Waals surface area contributed by atoms with Gasteiger partial charge in [0.1, 0.15) is 12.1 Å². The normalized spacial score (nSPS) is 13.2. The van der Waals surface area contributed by atoms with Gasteiger partial charge in [-0.2, -0.15) is 10.5 Å². The zero-order valence-corrected chi connectivity index (χ0v) is 21.6. The zero-order valence-electron chi connectivity index (χ0n) is 21.6. The number of fused-ring (bicyclic) bond motifs is 2. The summed E-state index contributed by atoms with van der Waals surface area (Å²) in [5.74, 6) is 0.172. The molecule has 0 aliphatic rings. The van der Waals surface area contributed by atoms with Gasteiger partial charge in [-0.3, -0.25) is 28.3 Å². The van der Waals surface area contributed by atoms with Crippen LogP contribution in [0.5, 0.6) is 0 Å². The molecule has 1 aromatic carbocycles. The summed E-state index contributed by atoms with van der Waals surface area (Å²) in [6.07, 6.45) is 7.11. The topological polar surface area (TPSA) is 126 Å². The third-order valence-corrected chi connectivity index (χ3v) is 7.53. The average Bonchev–Trinajstić information content (AvgIpc) is 3.27. The number of hydrogen-bond acceptors (Lipinski definition) is 6. The second kappa shape index (κ2) is 11.5. The summed E-state index contributed by atoms with van der Waals surface area (Å²) >= 11 is 0. The number of nitrogens with zero attached hydrogens (tertiary/aromatic N) is 4. The lowest BCUT2D eigenvalue weighted by Crippen LogP contribution is -2.30. The lowest BCUT2D eigenvalue weighted by Gasteiger charge is -2.14. The maximum absolute atomic E-state index is 13.4. The zero-order chi connectivity index (χ0) is 26.6. The number of aromatic nitrogens is 2. The van der Waals surface area contributed by atoms with Gasteiger partial charge in [-0.25, -0.2) is 0 Å². The van der Waals surface area contributed by atoms with E-state index < -0.39 is 22.2 Å². The van der Waals surface area contributed by atoms with Crippen LogP contribution in [0.3, 0.4) is 0 Å². The molecule has 0 saturated carbocycles. The highest BCUT2D eigenvalue weighted by Crippen LogP contribution is 2.27. The molecular formula is C28H34N4O4. The van der Waals surface area contributed by atoms with Crippen LogP contribution in [-0.2, 0) is 13.1 Å². The first-order valence-electron chi connectivity index (χ1n) is 13.1. The summed E-state index contributed by atoms with van der Waals surface area (Å²) in [6, 6.07) is 3.83. The van der Waals surface area contributed by atoms with Gasteiger partial charge in [0.25, 0.3) is 22.2 Å². The minimum atomic E-state index is -0.672. The van der Waals surface area contributed by atoms with E-state index in [0.717, 1.165) is 60.5 Å². The van der Waals surface area contributed by atoms with Gasteiger partial charge < -0.3 is 0 Å². The van der Waals surface area contributed by atoms with Crippen molar-refractivity contribution in [3.63, 3.8) is 0 Å². The van der Waals surface area contributed by atoms with Crippen molar-refractivity contribution in [1.29, 1.82) is 10.5 Å². The highest BCUT2D eigenvalue weighted by atomic mass is 16.2. The molecule has 0 radical (unpaired) electrons. The predicted molar refractivity (Wildman–Crippen MR) is 141 cm³/mol. The number of rotatable bonds is 12. The largest absolute Gasteiger partial charge is 0.274 e. The van der Waals surface area contributed by atoms with Gasteiger partial charge in [0.15, 0.2) is 0 Å². The van der Waals surface area contributed by atoms with Crippen molar-refractivity contribution in [3.8, 4) is 12.1 Å². The fourth-order valence-electron chi connectivity index (χ4n) is 5.24. The first-order chi connectivity index (χ1) is 17.3. The number of nitriles is 2. The molecule has 36 heavy (non-hydrogen) atoms. The Kier molecular flexibility index (Phi) is 8.63. The molecule has 2 heterocycles. The Hall–Kier alpha value is -3.52. The molecule has 0 spiro atoms. The van der Waals surface area contributed by atoms with Crippen molar-refractivity contribution in [3.05, 3.63) is 52.5 Å². The molecule has 8 nitrogen and oxygen atoms in total. The monoisotopic (exact) mass is 490 g/mol. The lowest BCUT2D eigenvalue weighted by atomic mass is 9.98. The minimum Gasteiger partial charge on any atom is -0.274 e. The molecule has 2 unspecified atom stereocenters. The van der Waals surface area contributed by atoms with Crippen LogP contribution in [0.4, 0.5) is 0 Å². The van der Waals surface area contributed by atoms with Crippen molar-refractivity contribution in [2.45, 2.75) is 92.2 Å². The number of benzene rings is 1. The standard InChI is InChI=1S/C28H34N4O4/c1-5-9-11-17(7-3)15-31-25(33)21-19(13-29)23-24(20(14-30)22(21)26(31)34)28(36)32(27(23)35)16-18(8-4)12-10-6-2/h17-18H,5-12,15-16H2,1-4H3. The van der Waals surface area contributed by atoms with E-state index in [9.17, 15) is 29.7 Å². The molecule has 3 rings (SSSR count). The molecule has 0 N–H and O–H groups in total. The molecule has 8 heteroatoms. The van der Waals surface area contributed by atoms with E-state index in [-0.39, 0.29) is 57.6 Å². The van der Waals surface area contributed by atoms with Crippen LogP contribution < -0.4 is 22.2 Å². The molecule has 0 aliphatic carbocycles. The Bertz CT molecular complexity index is 1360. The van der Waals surface area contributed by atoms with E-state index in [2.05, 4.69) is 13.8 Å². The Morgan fingerprint density at radius 3 is 1.14 bits per heavy atom. The number of unbranched alkanes of at least 4 members (excludes halogenated alkanes) is 2. The Morgan fingerprint density at radius 1 is 0.611 bits per heavy atom. The molecule has 2 aromatic heterocycles. The van der Waals surface area contributed by atoms with Crippen molar-refractivity contribution in [1.82, 2.24) is 9.13 Å². The van der Waals surface area contributed by atoms with Gasteiger partial charge >= 0.3 is 0 Å². The third-order valence-electron chi connectivity index (χ3n) is 7.53. The van der Waals surface area contributed by atoms with Crippen LogP contribution in [0.15, 0.2) is 19.2 Å². The molecule has 0 fully saturated rings. The van der Waals surface area contributed by atoms with Crippen molar-refractivity contribution < 1.29 is 0 Å². The molecule has 0 aliphatic heterocycles. The predicted octanol–water partition coefficient (Wildman–Crippen LogP) is 4.09. The van der Waals surface area contributed by atoms with Crippen molar-refractivity contribution in [2.24, 2.45) is 11.8 Å². The van der Waals surface area contributed by atoms with E-state index in [1.54, 1.807) is 0 Å². The smallest absolute Gasteiger partial charge is 0.262 e. The van der Waals surface area contributed by atoms with Crippen molar-refractivity contribution in [2.75, 3.05) is 0 Å². The Morgan fingerprint density at radius 2 is 0.917 bits per heavy atom. The Balaban J connectivity index is 2.35. The highest BCUT2D eigenvalue weighted by Gasteiger charge is 2.30. The summed E-state index contributed by atoms with van der Waals surface area (Å²) in [4.78, 5) is 53.7. The maximum atomic E-state index is 13.4. The van der Waals surface area contributed by atoms with Crippen LogP contribution in [0.1, 0.15) is 90.2 Å². The highest BCUT2D eigenvalue weighted by molar-refractivity contribution is 6.09. The summed E-state index contributed by atoms with van der Waals surface area (Å²) in [6.45, 7) is 8.46. The van der Waals surface area contributed by atoms with Gasteiger partial charge in [-0.05, 0) is 24.7 Å². The lowest BCUT2D eigenvalue weighted by molar-refractivity contribution is 0.383. The molecule has 3 aromatic rings. The average molecular weight is 491 g/mol. The minimum absolute atomic E-state index is 0.0860. The molecule has 0 saturated heterocycles. The van der Waals surface area contributed by atoms with Crippen LogP contribution >= 0.6 is 0 Å². The van der Waals surface area contributed by atoms with Gasteiger partial charge in [0, 0.05) is 13.1 Å². The van der Waals surface area contributed by atoms with Gasteiger partial charge in [-0.1, -0.05) is 66.2 Å². The molecular weight excluding hydrogens is 456 g/mol. The van der Waals surface area contributed by atoms with Gasteiger partial charge in [-0.15, -0.1) is 0 Å². The first-order valence-corrected chi connectivity index (χ1v) is 13.1. The maximum Gasteiger partial charge on any atom is 0.262 e. The van der Waals surface area contributed by atoms with E-state index in [4.69, 9.17) is 0 Å². The quantitative estimate of drug-likeness (QED) is 0.376. The SMILES string of the molecule is CCCCC(CC)Cn1c(=O)c2c(C#N)c3c(=O)n(CC(CC)CCCC)c(=O)c3c(C#N)c2c1=O. The number of hydrogen-bond donors (Lipinski definition) is 0. The molecule has 0 bridgehead atoms. The van der Waals surface area contributed by atoms with Crippen LogP contribution in [0.2, 0.25) is 0 Å². The summed E-state index contributed by atoms with van der Waals surface area (Å²) in [5.41, 5.74) is -3.24. The summed E-state index contributed by atoms with van der Waals surface area (Å²) < 4.78 is 2.16. The molecule has 2 atom stereocenters. The van der Waals surface area contributed by atoms with Gasteiger partial charge in [0.05, 0.1) is 32.7 Å². The third kappa shape index (κ3) is 4.53. The van der Waals surface area contributed by atoms with Crippen molar-refractivity contribution >= 4 is 21.5 Å². The fourth-order valence-corrected chi connectivity index (χ4v) is 5.24. The van der Waals surface area contributed by atoms with E-state index >= 15 is 0 Å². The Labute approximate surface area is 210 Å². The first kappa shape index (κ1) is 27.1. The molecule has 190 valence electrons. The second-order valence-corrected chi connectivity index (χ2v) is 9.75. The van der Waals surface area contributed by atoms with E-state index in [1.807, 2.05) is 26.0 Å². The van der Waals surface area contributed by atoms with Crippen LogP contribution in [-0.4, -0.2) is 9.13 Å². The second-order valence-electron chi connectivity index (χ2n) is 9.75. The van der Waals surface area contributed by atoms with Crippen LogP contribution in [0.25, 0.3) is 21.5 Å².